The molecule has 1 fully saturated rings. The number of amides is 2. The van der Waals surface area contributed by atoms with E-state index in [0.717, 1.165) is 22.6 Å². The van der Waals surface area contributed by atoms with Crippen molar-refractivity contribution in [1.29, 1.82) is 0 Å². The molecule has 0 bridgehead atoms. The van der Waals surface area contributed by atoms with Gasteiger partial charge in [-0.3, -0.25) is 9.59 Å². The number of furan rings is 1. The SMILES string of the molecule is Cc1cccc(NC(=O)c2ccc(C3SCC(=O)N3Cc3ccco3)cc2)c1. The number of rotatable bonds is 5. The molecule has 0 saturated carbocycles. The molecule has 142 valence electrons. The summed E-state index contributed by atoms with van der Waals surface area (Å²) in [5, 5.41) is 2.84. The number of anilines is 1. The molecule has 0 aliphatic carbocycles. The van der Waals surface area contributed by atoms with Crippen LogP contribution in [0.2, 0.25) is 0 Å². The largest absolute Gasteiger partial charge is 0.467 e. The zero-order valence-electron chi connectivity index (χ0n) is 15.4. The van der Waals surface area contributed by atoms with Gasteiger partial charge in [-0.15, -0.1) is 11.8 Å². The van der Waals surface area contributed by atoms with Crippen molar-refractivity contribution >= 4 is 29.3 Å². The smallest absolute Gasteiger partial charge is 0.255 e. The molecule has 2 heterocycles. The van der Waals surface area contributed by atoms with E-state index in [1.807, 2.05) is 60.4 Å². The molecule has 1 aliphatic heterocycles. The number of benzene rings is 2. The number of aryl methyl sites for hydroxylation is 1. The number of carbonyl (C=O) groups is 2. The lowest BCUT2D eigenvalue weighted by Crippen LogP contribution is -2.27. The second-order valence-corrected chi connectivity index (χ2v) is 7.78. The summed E-state index contributed by atoms with van der Waals surface area (Å²) in [6.07, 6.45) is 1.61. The van der Waals surface area contributed by atoms with Crippen LogP contribution in [0.15, 0.2) is 71.3 Å². The van der Waals surface area contributed by atoms with E-state index >= 15 is 0 Å². The lowest BCUT2D eigenvalue weighted by atomic mass is 10.1. The Balaban J connectivity index is 1.47. The van der Waals surface area contributed by atoms with Gasteiger partial charge in [-0.1, -0.05) is 24.3 Å². The van der Waals surface area contributed by atoms with Crippen LogP contribution in [0.5, 0.6) is 0 Å². The van der Waals surface area contributed by atoms with E-state index in [1.165, 1.54) is 0 Å². The predicted octanol–water partition coefficient (Wildman–Crippen LogP) is 4.61. The van der Waals surface area contributed by atoms with E-state index in [-0.39, 0.29) is 17.2 Å². The summed E-state index contributed by atoms with van der Waals surface area (Å²) in [6, 6.07) is 18.8. The molecule has 5 nitrogen and oxygen atoms in total. The third kappa shape index (κ3) is 3.97. The third-order valence-corrected chi connectivity index (χ3v) is 5.86. The van der Waals surface area contributed by atoms with Gasteiger partial charge < -0.3 is 14.6 Å². The number of nitrogens with one attached hydrogen (secondary N) is 1. The van der Waals surface area contributed by atoms with E-state index in [9.17, 15) is 9.59 Å². The van der Waals surface area contributed by atoms with Crippen molar-refractivity contribution in [3.8, 4) is 0 Å². The van der Waals surface area contributed by atoms with E-state index in [4.69, 9.17) is 4.42 Å². The lowest BCUT2D eigenvalue weighted by Gasteiger charge is -2.23. The van der Waals surface area contributed by atoms with Crippen LogP contribution in [0, 0.1) is 6.92 Å². The van der Waals surface area contributed by atoms with Crippen molar-refractivity contribution in [2.45, 2.75) is 18.8 Å². The average molecular weight is 392 g/mol. The Bertz CT molecular complexity index is 983. The molecule has 2 aromatic carbocycles. The molecule has 4 rings (SSSR count). The van der Waals surface area contributed by atoms with E-state index in [0.29, 0.717) is 17.9 Å². The Hall–Kier alpha value is -2.99. The molecule has 1 atom stereocenters. The van der Waals surface area contributed by atoms with E-state index < -0.39 is 0 Å². The van der Waals surface area contributed by atoms with Crippen molar-refractivity contribution in [3.05, 3.63) is 89.4 Å². The highest BCUT2D eigenvalue weighted by molar-refractivity contribution is 8.00. The van der Waals surface area contributed by atoms with Gasteiger partial charge in [-0.25, -0.2) is 0 Å². The fourth-order valence-corrected chi connectivity index (χ4v) is 4.38. The zero-order valence-corrected chi connectivity index (χ0v) is 16.2. The Kier molecular flexibility index (Phi) is 5.21. The predicted molar refractivity (Wildman–Crippen MR) is 110 cm³/mol. The highest BCUT2D eigenvalue weighted by Crippen LogP contribution is 2.39. The van der Waals surface area contributed by atoms with Gasteiger partial charge >= 0.3 is 0 Å². The number of carbonyl (C=O) groups excluding carboxylic acids is 2. The second-order valence-electron chi connectivity index (χ2n) is 6.71. The van der Waals surface area contributed by atoms with E-state index in [2.05, 4.69) is 5.32 Å². The van der Waals surface area contributed by atoms with Gasteiger partial charge in [0.25, 0.3) is 5.91 Å². The van der Waals surface area contributed by atoms with Crippen LogP contribution in [0.1, 0.15) is 32.6 Å². The van der Waals surface area contributed by atoms with Crippen LogP contribution in [-0.2, 0) is 11.3 Å². The first-order chi connectivity index (χ1) is 13.6. The minimum Gasteiger partial charge on any atom is -0.467 e. The maximum Gasteiger partial charge on any atom is 0.255 e. The number of hydrogen-bond donors (Lipinski definition) is 1. The van der Waals surface area contributed by atoms with Gasteiger partial charge in [0.05, 0.1) is 18.6 Å². The Morgan fingerprint density at radius 1 is 1.18 bits per heavy atom. The molecular formula is C22H20N2O3S. The molecule has 1 aromatic heterocycles. The van der Waals surface area contributed by atoms with Crippen molar-refractivity contribution in [1.82, 2.24) is 4.90 Å². The molecule has 1 unspecified atom stereocenters. The standard InChI is InChI=1S/C22H20N2O3S/c1-15-4-2-5-18(12-15)23-21(26)16-7-9-17(10-8-16)22-24(20(25)14-28-22)13-19-6-3-11-27-19/h2-12,22H,13-14H2,1H3,(H,23,26). The molecule has 6 heteroatoms. The molecule has 1 saturated heterocycles. The molecule has 1 N–H and O–H groups in total. The first-order valence-electron chi connectivity index (χ1n) is 9.01. The van der Waals surface area contributed by atoms with Crippen LogP contribution in [0.4, 0.5) is 5.69 Å². The highest BCUT2D eigenvalue weighted by atomic mass is 32.2. The summed E-state index contributed by atoms with van der Waals surface area (Å²) in [5.74, 6) is 1.14. The average Bonchev–Trinajstić information content (AvgIpc) is 3.33. The van der Waals surface area contributed by atoms with Crippen molar-refractivity contribution in [3.63, 3.8) is 0 Å². The first kappa shape index (κ1) is 18.4. The molecule has 28 heavy (non-hydrogen) atoms. The van der Waals surface area contributed by atoms with Crippen molar-refractivity contribution in [2.24, 2.45) is 0 Å². The minimum atomic E-state index is -0.153. The maximum absolute atomic E-state index is 12.5. The molecular weight excluding hydrogens is 372 g/mol. The second kappa shape index (κ2) is 7.94. The molecule has 3 aromatic rings. The van der Waals surface area contributed by atoms with E-state index in [1.54, 1.807) is 30.2 Å². The molecule has 0 spiro atoms. The van der Waals surface area contributed by atoms with Gasteiger partial charge in [-0.2, -0.15) is 0 Å². The van der Waals surface area contributed by atoms with Gasteiger partial charge in [0.15, 0.2) is 0 Å². The van der Waals surface area contributed by atoms with Crippen LogP contribution in [-0.4, -0.2) is 22.5 Å². The van der Waals surface area contributed by atoms with Gasteiger partial charge in [0, 0.05) is 11.3 Å². The normalized spacial score (nSPS) is 16.4. The summed E-state index contributed by atoms with van der Waals surface area (Å²) in [6.45, 7) is 2.43. The van der Waals surface area contributed by atoms with Crippen LogP contribution >= 0.6 is 11.8 Å². The maximum atomic E-state index is 12.5. The summed E-state index contributed by atoms with van der Waals surface area (Å²) >= 11 is 1.59. The van der Waals surface area contributed by atoms with Crippen molar-refractivity contribution < 1.29 is 14.0 Å². The van der Waals surface area contributed by atoms with Crippen molar-refractivity contribution in [2.75, 3.05) is 11.1 Å². The van der Waals surface area contributed by atoms with Crippen LogP contribution < -0.4 is 5.32 Å². The van der Waals surface area contributed by atoms with Crippen LogP contribution in [0.3, 0.4) is 0 Å². The van der Waals surface area contributed by atoms with Gasteiger partial charge in [0.1, 0.15) is 11.1 Å². The molecule has 0 radical (unpaired) electrons. The fourth-order valence-electron chi connectivity index (χ4n) is 3.20. The minimum absolute atomic E-state index is 0.0773. The molecule has 1 aliphatic rings. The Morgan fingerprint density at radius 3 is 2.71 bits per heavy atom. The number of thioether (sulfide) groups is 1. The topological polar surface area (TPSA) is 62.6 Å². The highest BCUT2D eigenvalue weighted by Gasteiger charge is 2.33. The van der Waals surface area contributed by atoms with Crippen LogP contribution in [0.25, 0.3) is 0 Å². The first-order valence-corrected chi connectivity index (χ1v) is 10.1. The lowest BCUT2D eigenvalue weighted by molar-refractivity contribution is -0.128. The van der Waals surface area contributed by atoms with Gasteiger partial charge in [0.2, 0.25) is 5.91 Å². The summed E-state index contributed by atoms with van der Waals surface area (Å²) in [7, 11) is 0. The molecule has 2 amide bonds. The summed E-state index contributed by atoms with van der Waals surface area (Å²) in [5.41, 5.74) is 3.44. The Morgan fingerprint density at radius 2 is 2.00 bits per heavy atom. The third-order valence-electron chi connectivity index (χ3n) is 4.61. The summed E-state index contributed by atoms with van der Waals surface area (Å²) < 4.78 is 5.39. The van der Waals surface area contributed by atoms with Gasteiger partial charge in [-0.05, 0) is 54.4 Å². The summed E-state index contributed by atoms with van der Waals surface area (Å²) in [4.78, 5) is 26.6. The number of nitrogens with zero attached hydrogens (tertiary/aromatic N) is 1. The zero-order chi connectivity index (χ0) is 19.5. The number of hydrogen-bond acceptors (Lipinski definition) is 4. The Labute approximate surface area is 167 Å². The fraction of sp³-hybridized carbons (Fsp3) is 0.182. The quantitative estimate of drug-likeness (QED) is 0.688. The monoisotopic (exact) mass is 392 g/mol.